The molecule has 1 atom stereocenters. The van der Waals surface area contributed by atoms with E-state index in [-0.39, 0.29) is 11.7 Å². The average molecular weight is 393 g/mol. The van der Waals surface area contributed by atoms with Gasteiger partial charge in [0.05, 0.1) is 17.0 Å². The second-order valence-corrected chi connectivity index (χ2v) is 9.60. The summed E-state index contributed by atoms with van der Waals surface area (Å²) in [5.41, 5.74) is 1.65. The Morgan fingerprint density at radius 3 is 2.50 bits per heavy atom. The van der Waals surface area contributed by atoms with Gasteiger partial charge in [0.2, 0.25) is 10.0 Å². The van der Waals surface area contributed by atoms with Crippen molar-refractivity contribution in [1.29, 1.82) is 0 Å². The third kappa shape index (κ3) is 4.05. The summed E-state index contributed by atoms with van der Waals surface area (Å²) in [5.74, 6) is 0.262. The minimum absolute atomic E-state index is 0.0532. The van der Waals surface area contributed by atoms with E-state index in [1.807, 2.05) is 19.2 Å². The highest BCUT2D eigenvalue weighted by Crippen LogP contribution is 2.26. The van der Waals surface area contributed by atoms with Gasteiger partial charge in [0.1, 0.15) is 10.8 Å². The number of thiazole rings is 1. The summed E-state index contributed by atoms with van der Waals surface area (Å²) in [6.45, 7) is 5.15. The van der Waals surface area contributed by atoms with Gasteiger partial charge in [-0.05, 0) is 31.4 Å². The highest BCUT2D eigenvalue weighted by atomic mass is 32.2. The van der Waals surface area contributed by atoms with E-state index in [1.54, 1.807) is 28.6 Å². The van der Waals surface area contributed by atoms with Crippen LogP contribution in [0.25, 0.3) is 11.3 Å². The van der Waals surface area contributed by atoms with E-state index in [4.69, 9.17) is 0 Å². The number of benzene rings is 1. The van der Waals surface area contributed by atoms with Crippen molar-refractivity contribution in [3.05, 3.63) is 34.7 Å². The Kier molecular flexibility index (Phi) is 5.89. The second kappa shape index (κ2) is 7.98. The number of sulfonamides is 1. The summed E-state index contributed by atoms with van der Waals surface area (Å²) < 4.78 is 26.7. The van der Waals surface area contributed by atoms with Crippen LogP contribution in [0.1, 0.15) is 38.1 Å². The number of carbonyl (C=O) groups is 1. The fourth-order valence-corrected chi connectivity index (χ4v) is 5.28. The molecule has 26 heavy (non-hydrogen) atoms. The predicted octanol–water partition coefficient (Wildman–Crippen LogP) is 3.75. The van der Waals surface area contributed by atoms with Crippen molar-refractivity contribution in [1.82, 2.24) is 9.29 Å². The highest BCUT2D eigenvalue weighted by Gasteiger charge is 2.27. The van der Waals surface area contributed by atoms with Crippen molar-refractivity contribution >= 4 is 27.1 Å². The molecule has 2 aromatic rings. The molecule has 0 saturated carbocycles. The van der Waals surface area contributed by atoms with Gasteiger partial charge in [0, 0.05) is 30.0 Å². The zero-order valence-electron chi connectivity index (χ0n) is 15.1. The third-order valence-electron chi connectivity index (χ3n) is 4.89. The maximum Gasteiger partial charge on any atom is 0.243 e. The molecule has 2 heterocycles. The molecular weight excluding hydrogens is 368 g/mol. The van der Waals surface area contributed by atoms with Gasteiger partial charge in [-0.1, -0.05) is 26.0 Å². The quantitative estimate of drug-likeness (QED) is 0.720. The molecule has 0 N–H and O–H groups in total. The maximum atomic E-state index is 12.6. The van der Waals surface area contributed by atoms with Crippen LogP contribution < -0.4 is 0 Å². The number of nitrogens with zero attached hydrogens (tertiary/aromatic N) is 2. The van der Waals surface area contributed by atoms with Crippen LogP contribution in [0.15, 0.2) is 34.5 Å². The molecule has 1 unspecified atom stereocenters. The Labute approximate surface area is 159 Å². The Morgan fingerprint density at radius 1 is 1.23 bits per heavy atom. The molecule has 1 aromatic heterocycles. The van der Waals surface area contributed by atoms with Crippen LogP contribution in [0.4, 0.5) is 0 Å². The Morgan fingerprint density at radius 2 is 1.88 bits per heavy atom. The lowest BCUT2D eigenvalue weighted by atomic mass is 10.0. The van der Waals surface area contributed by atoms with Gasteiger partial charge in [0.15, 0.2) is 0 Å². The summed E-state index contributed by atoms with van der Waals surface area (Å²) in [5, 5.41) is 2.72. The predicted molar refractivity (Wildman–Crippen MR) is 104 cm³/mol. The van der Waals surface area contributed by atoms with Crippen molar-refractivity contribution < 1.29 is 13.2 Å². The van der Waals surface area contributed by atoms with Gasteiger partial charge < -0.3 is 0 Å². The summed E-state index contributed by atoms with van der Waals surface area (Å²) in [6.07, 6.45) is 3.05. The van der Waals surface area contributed by atoms with Crippen molar-refractivity contribution in [2.24, 2.45) is 5.92 Å². The van der Waals surface area contributed by atoms with Crippen LogP contribution in [0.3, 0.4) is 0 Å². The van der Waals surface area contributed by atoms with E-state index in [0.29, 0.717) is 24.4 Å². The van der Waals surface area contributed by atoms with E-state index >= 15 is 0 Å². The summed E-state index contributed by atoms with van der Waals surface area (Å²) in [7, 11) is -3.39. The zero-order chi connectivity index (χ0) is 18.7. The lowest BCUT2D eigenvalue weighted by Gasteiger charge is -2.15. The summed E-state index contributed by atoms with van der Waals surface area (Å²) in [4.78, 5) is 16.9. The summed E-state index contributed by atoms with van der Waals surface area (Å²) in [6, 6.07) is 6.87. The molecule has 3 rings (SSSR count). The van der Waals surface area contributed by atoms with Gasteiger partial charge in [-0.2, -0.15) is 4.31 Å². The molecule has 0 amide bonds. The number of aromatic nitrogens is 1. The van der Waals surface area contributed by atoms with E-state index in [9.17, 15) is 13.2 Å². The molecular formula is C19H24N2O3S2. The molecule has 1 aliphatic heterocycles. The van der Waals surface area contributed by atoms with Crippen molar-refractivity contribution in [3.8, 4) is 11.3 Å². The largest absolute Gasteiger partial charge is 0.299 e. The molecule has 1 fully saturated rings. The van der Waals surface area contributed by atoms with Gasteiger partial charge in [0.25, 0.3) is 0 Å². The molecule has 7 heteroatoms. The number of hydrogen-bond acceptors (Lipinski definition) is 5. The first-order valence-electron chi connectivity index (χ1n) is 8.99. The third-order valence-corrected chi connectivity index (χ3v) is 7.65. The lowest BCUT2D eigenvalue weighted by Crippen LogP contribution is -2.27. The fraction of sp³-hybridized carbons (Fsp3) is 0.474. The van der Waals surface area contributed by atoms with E-state index < -0.39 is 10.0 Å². The SMILES string of the molecule is CCC(C)C(=O)Cc1nc(-c2ccc(S(=O)(=O)N3CCCC3)cc2)cs1. The minimum atomic E-state index is -3.39. The van der Waals surface area contributed by atoms with E-state index in [0.717, 1.165) is 35.5 Å². The first-order chi connectivity index (χ1) is 12.4. The molecule has 0 aliphatic carbocycles. The van der Waals surface area contributed by atoms with Crippen molar-refractivity contribution in [3.63, 3.8) is 0 Å². The van der Waals surface area contributed by atoms with Crippen LogP contribution in [-0.2, 0) is 21.2 Å². The molecule has 140 valence electrons. The maximum absolute atomic E-state index is 12.6. The van der Waals surface area contributed by atoms with Crippen LogP contribution in [0.5, 0.6) is 0 Å². The molecule has 1 aliphatic rings. The Bertz CT molecular complexity index is 866. The van der Waals surface area contributed by atoms with Crippen LogP contribution in [0, 0.1) is 5.92 Å². The molecule has 0 radical (unpaired) electrons. The molecule has 0 bridgehead atoms. The lowest BCUT2D eigenvalue weighted by molar-refractivity contribution is -0.121. The number of carbonyl (C=O) groups excluding carboxylic acids is 1. The zero-order valence-corrected chi connectivity index (χ0v) is 16.8. The number of Topliss-reactive ketones (excluding diaryl/α,β-unsaturated/α-hetero) is 1. The van der Waals surface area contributed by atoms with Crippen LogP contribution >= 0.6 is 11.3 Å². The normalized spacial score (nSPS) is 16.7. The molecule has 1 aromatic carbocycles. The Balaban J connectivity index is 1.74. The summed E-state index contributed by atoms with van der Waals surface area (Å²) >= 11 is 1.47. The van der Waals surface area contributed by atoms with Crippen LogP contribution in [0.2, 0.25) is 0 Å². The fourth-order valence-electron chi connectivity index (χ4n) is 2.95. The first kappa shape index (κ1) is 19.2. The van der Waals surface area contributed by atoms with E-state index in [2.05, 4.69) is 4.98 Å². The van der Waals surface area contributed by atoms with Crippen molar-refractivity contribution in [2.75, 3.05) is 13.1 Å². The topological polar surface area (TPSA) is 67.3 Å². The molecule has 0 spiro atoms. The van der Waals surface area contributed by atoms with Gasteiger partial charge in [-0.3, -0.25) is 4.79 Å². The van der Waals surface area contributed by atoms with Gasteiger partial charge in [-0.25, -0.2) is 13.4 Å². The molecule has 1 saturated heterocycles. The van der Waals surface area contributed by atoms with Gasteiger partial charge in [-0.15, -0.1) is 11.3 Å². The highest BCUT2D eigenvalue weighted by molar-refractivity contribution is 7.89. The van der Waals surface area contributed by atoms with Crippen molar-refractivity contribution in [2.45, 2.75) is 44.4 Å². The molecule has 5 nitrogen and oxygen atoms in total. The monoisotopic (exact) mass is 392 g/mol. The van der Waals surface area contributed by atoms with E-state index in [1.165, 1.54) is 11.3 Å². The average Bonchev–Trinajstić information content (AvgIpc) is 3.33. The first-order valence-corrected chi connectivity index (χ1v) is 11.3. The smallest absolute Gasteiger partial charge is 0.243 e. The number of ketones is 1. The minimum Gasteiger partial charge on any atom is -0.299 e. The number of rotatable bonds is 7. The van der Waals surface area contributed by atoms with Gasteiger partial charge >= 0.3 is 0 Å². The number of hydrogen-bond donors (Lipinski definition) is 0. The standard InChI is InChI=1S/C19H24N2O3S2/c1-3-14(2)18(22)12-19-20-17(13-25-19)15-6-8-16(9-7-15)26(23,24)21-10-4-5-11-21/h6-9,13-14H,3-5,10-12H2,1-2H3. The Hall–Kier alpha value is -1.57. The van der Waals surface area contributed by atoms with Crippen LogP contribution in [-0.4, -0.2) is 36.6 Å². The second-order valence-electron chi connectivity index (χ2n) is 6.71.